The third-order valence-corrected chi connectivity index (χ3v) is 5.14. The van der Waals surface area contributed by atoms with Gasteiger partial charge < -0.3 is 4.42 Å². The highest BCUT2D eigenvalue weighted by Crippen LogP contribution is 2.29. The molecule has 0 bridgehead atoms. The molecule has 108 valence electrons. The van der Waals surface area contributed by atoms with E-state index in [2.05, 4.69) is 0 Å². The van der Waals surface area contributed by atoms with E-state index in [0.717, 1.165) is 16.7 Å². The lowest BCUT2D eigenvalue weighted by Crippen LogP contribution is -2.22. The van der Waals surface area contributed by atoms with Crippen LogP contribution in [-0.4, -0.2) is 26.8 Å². The van der Waals surface area contributed by atoms with E-state index in [-0.39, 0.29) is 4.90 Å². The average molecular weight is 301 g/mol. The molecule has 5 heteroatoms. The fourth-order valence-electron chi connectivity index (χ4n) is 2.14. The van der Waals surface area contributed by atoms with Gasteiger partial charge in [-0.3, -0.25) is 0 Å². The van der Waals surface area contributed by atoms with Gasteiger partial charge in [0.15, 0.2) is 0 Å². The Labute approximate surface area is 123 Å². The maximum absolute atomic E-state index is 12.1. The number of benzene rings is 2. The highest BCUT2D eigenvalue weighted by Gasteiger charge is 2.18. The normalized spacial score (nSPS) is 12.1. The van der Waals surface area contributed by atoms with Gasteiger partial charge in [-0.25, -0.2) is 12.7 Å². The van der Waals surface area contributed by atoms with Crippen molar-refractivity contribution in [3.8, 4) is 11.3 Å². The zero-order valence-corrected chi connectivity index (χ0v) is 12.6. The second kappa shape index (κ2) is 5.02. The number of rotatable bonds is 3. The van der Waals surface area contributed by atoms with Crippen molar-refractivity contribution in [2.75, 3.05) is 14.1 Å². The Morgan fingerprint density at radius 1 is 0.952 bits per heavy atom. The summed E-state index contributed by atoms with van der Waals surface area (Å²) in [5, 5.41) is 0.775. The van der Waals surface area contributed by atoms with Gasteiger partial charge in [0.2, 0.25) is 10.0 Å². The molecule has 0 amide bonds. The Morgan fingerprint density at radius 3 is 2.33 bits per heavy atom. The summed E-state index contributed by atoms with van der Waals surface area (Å²) < 4.78 is 31.3. The summed E-state index contributed by atoms with van der Waals surface area (Å²) in [6, 6.07) is 16.5. The van der Waals surface area contributed by atoms with Gasteiger partial charge in [-0.2, -0.15) is 0 Å². The molecule has 0 aliphatic carbocycles. The maximum atomic E-state index is 12.1. The first-order valence-corrected chi connectivity index (χ1v) is 7.94. The summed E-state index contributed by atoms with van der Waals surface area (Å²) in [4.78, 5) is 0.264. The van der Waals surface area contributed by atoms with Crippen molar-refractivity contribution in [2.24, 2.45) is 0 Å². The first-order valence-electron chi connectivity index (χ1n) is 6.50. The van der Waals surface area contributed by atoms with Crippen molar-refractivity contribution >= 4 is 21.0 Å². The predicted octanol–water partition coefficient (Wildman–Crippen LogP) is 3.35. The second-order valence-electron chi connectivity index (χ2n) is 4.96. The van der Waals surface area contributed by atoms with E-state index in [1.807, 2.05) is 36.4 Å². The van der Waals surface area contributed by atoms with Crippen molar-refractivity contribution in [3.63, 3.8) is 0 Å². The van der Waals surface area contributed by atoms with Crippen LogP contribution in [0.2, 0.25) is 0 Å². The first kappa shape index (κ1) is 13.9. The van der Waals surface area contributed by atoms with Crippen molar-refractivity contribution < 1.29 is 12.8 Å². The van der Waals surface area contributed by atoms with E-state index in [4.69, 9.17) is 4.42 Å². The minimum Gasteiger partial charge on any atom is -0.456 e. The molecule has 0 fully saturated rings. The van der Waals surface area contributed by atoms with Crippen LogP contribution in [0.25, 0.3) is 22.3 Å². The molecule has 0 aliphatic rings. The number of fused-ring (bicyclic) bond motifs is 1. The standard InChI is InChI=1S/C16H15NO3S/c1-17(2)21(18,19)14-8-9-15-13(10-14)11-16(20-15)12-6-4-3-5-7-12/h3-11H,1-2H3. The van der Waals surface area contributed by atoms with Gasteiger partial charge in [-0.15, -0.1) is 0 Å². The smallest absolute Gasteiger partial charge is 0.242 e. The first-order chi connectivity index (χ1) is 9.98. The lowest BCUT2D eigenvalue weighted by atomic mass is 10.1. The molecule has 3 rings (SSSR count). The van der Waals surface area contributed by atoms with Gasteiger partial charge in [0, 0.05) is 25.0 Å². The lowest BCUT2D eigenvalue weighted by molar-refractivity contribution is 0.521. The molecular weight excluding hydrogens is 286 g/mol. The minimum atomic E-state index is -3.43. The fraction of sp³-hybridized carbons (Fsp3) is 0.125. The van der Waals surface area contributed by atoms with Crippen LogP contribution in [0, 0.1) is 0 Å². The van der Waals surface area contributed by atoms with Crippen LogP contribution in [-0.2, 0) is 10.0 Å². The number of hydrogen-bond donors (Lipinski definition) is 0. The van der Waals surface area contributed by atoms with E-state index in [9.17, 15) is 8.42 Å². The van der Waals surface area contributed by atoms with Gasteiger partial charge >= 0.3 is 0 Å². The number of furan rings is 1. The predicted molar refractivity (Wildman–Crippen MR) is 82.5 cm³/mol. The van der Waals surface area contributed by atoms with Crippen LogP contribution in [0.1, 0.15) is 0 Å². The minimum absolute atomic E-state index is 0.264. The molecule has 0 spiro atoms. The van der Waals surface area contributed by atoms with Gasteiger partial charge in [0.25, 0.3) is 0 Å². The molecule has 0 atom stereocenters. The Bertz CT molecular complexity index is 880. The molecule has 21 heavy (non-hydrogen) atoms. The summed E-state index contributed by atoms with van der Waals surface area (Å²) in [7, 11) is -0.396. The molecule has 0 saturated heterocycles. The fourth-order valence-corrected chi connectivity index (χ4v) is 3.07. The van der Waals surface area contributed by atoms with Crippen LogP contribution < -0.4 is 0 Å². The molecule has 3 aromatic rings. The molecule has 0 N–H and O–H groups in total. The van der Waals surface area contributed by atoms with E-state index >= 15 is 0 Å². The molecule has 0 aliphatic heterocycles. The molecular formula is C16H15NO3S. The van der Waals surface area contributed by atoms with Crippen LogP contribution in [0.3, 0.4) is 0 Å². The number of nitrogens with zero attached hydrogens (tertiary/aromatic N) is 1. The van der Waals surface area contributed by atoms with E-state index < -0.39 is 10.0 Å². The summed E-state index contributed by atoms with van der Waals surface area (Å²) >= 11 is 0. The zero-order chi connectivity index (χ0) is 15.0. The third-order valence-electron chi connectivity index (χ3n) is 3.32. The Morgan fingerprint density at radius 2 is 1.67 bits per heavy atom. The molecule has 4 nitrogen and oxygen atoms in total. The van der Waals surface area contributed by atoms with Crippen molar-refractivity contribution in [1.29, 1.82) is 0 Å². The Balaban J connectivity index is 2.12. The van der Waals surface area contributed by atoms with Crippen LogP contribution in [0.15, 0.2) is 63.9 Å². The van der Waals surface area contributed by atoms with E-state index in [1.165, 1.54) is 18.4 Å². The largest absolute Gasteiger partial charge is 0.456 e. The lowest BCUT2D eigenvalue weighted by Gasteiger charge is -2.10. The van der Waals surface area contributed by atoms with Crippen LogP contribution in [0.4, 0.5) is 0 Å². The highest BCUT2D eigenvalue weighted by atomic mass is 32.2. The maximum Gasteiger partial charge on any atom is 0.242 e. The Hall–Kier alpha value is -2.11. The highest BCUT2D eigenvalue weighted by molar-refractivity contribution is 7.89. The van der Waals surface area contributed by atoms with Crippen LogP contribution >= 0.6 is 0 Å². The van der Waals surface area contributed by atoms with Crippen molar-refractivity contribution in [1.82, 2.24) is 4.31 Å². The van der Waals surface area contributed by atoms with Gasteiger partial charge in [-0.05, 0) is 24.3 Å². The topological polar surface area (TPSA) is 50.5 Å². The molecule has 1 aromatic heterocycles. The van der Waals surface area contributed by atoms with E-state index in [1.54, 1.807) is 18.2 Å². The molecule has 0 radical (unpaired) electrons. The monoisotopic (exact) mass is 301 g/mol. The van der Waals surface area contributed by atoms with Crippen molar-refractivity contribution in [2.45, 2.75) is 4.90 Å². The Kier molecular flexibility index (Phi) is 3.31. The second-order valence-corrected chi connectivity index (χ2v) is 7.12. The summed E-state index contributed by atoms with van der Waals surface area (Å²) in [6.07, 6.45) is 0. The van der Waals surface area contributed by atoms with E-state index in [0.29, 0.717) is 5.58 Å². The molecule has 1 heterocycles. The summed E-state index contributed by atoms with van der Waals surface area (Å²) in [5.74, 6) is 0.727. The molecule has 2 aromatic carbocycles. The van der Waals surface area contributed by atoms with Crippen LogP contribution in [0.5, 0.6) is 0 Å². The van der Waals surface area contributed by atoms with Gasteiger partial charge in [0.05, 0.1) is 4.90 Å². The summed E-state index contributed by atoms with van der Waals surface area (Å²) in [5.41, 5.74) is 1.64. The van der Waals surface area contributed by atoms with Gasteiger partial charge in [-0.1, -0.05) is 30.3 Å². The average Bonchev–Trinajstić information content (AvgIpc) is 2.91. The quantitative estimate of drug-likeness (QED) is 0.745. The SMILES string of the molecule is CN(C)S(=O)(=O)c1ccc2oc(-c3ccccc3)cc2c1. The van der Waals surface area contributed by atoms with Crippen molar-refractivity contribution in [3.05, 3.63) is 54.6 Å². The third kappa shape index (κ3) is 2.46. The molecule has 0 saturated carbocycles. The number of hydrogen-bond acceptors (Lipinski definition) is 3. The summed E-state index contributed by atoms with van der Waals surface area (Å²) in [6.45, 7) is 0. The zero-order valence-electron chi connectivity index (χ0n) is 11.8. The number of sulfonamides is 1. The molecule has 0 unspecified atom stereocenters. The van der Waals surface area contributed by atoms with Gasteiger partial charge in [0.1, 0.15) is 11.3 Å².